The summed E-state index contributed by atoms with van der Waals surface area (Å²) < 4.78 is 4.29. The van der Waals surface area contributed by atoms with Crippen LogP contribution in [-0.2, 0) is 14.3 Å². The number of carbonyl (C=O) groups is 3. The molecule has 0 radical (unpaired) electrons. The van der Waals surface area contributed by atoms with Crippen molar-refractivity contribution in [2.45, 2.75) is 19.4 Å². The fourth-order valence-corrected chi connectivity index (χ4v) is 0.812. The highest BCUT2D eigenvalue weighted by Crippen LogP contribution is 1.89. The number of nitrogens with one attached hydrogen (secondary N) is 2. The fraction of sp³-hybridized carbons (Fsp3) is 0.625. The van der Waals surface area contributed by atoms with Gasteiger partial charge in [0.1, 0.15) is 6.54 Å². The van der Waals surface area contributed by atoms with Crippen LogP contribution < -0.4 is 10.6 Å². The normalized spacial score (nSPS) is 11.3. The molecule has 0 aromatic heterocycles. The van der Waals surface area contributed by atoms with Gasteiger partial charge in [-0.05, 0) is 6.92 Å². The van der Waals surface area contributed by atoms with Crippen LogP contribution in [0.25, 0.3) is 0 Å². The molecule has 0 saturated heterocycles. The lowest BCUT2D eigenvalue weighted by molar-refractivity contribution is -0.139. The molecule has 0 aliphatic carbocycles. The largest absolute Gasteiger partial charge is 0.481 e. The Morgan fingerprint density at radius 1 is 1.40 bits per heavy atom. The first-order valence-corrected chi connectivity index (χ1v) is 4.28. The molecule has 3 N–H and O–H groups in total. The van der Waals surface area contributed by atoms with E-state index in [0.29, 0.717) is 0 Å². The summed E-state index contributed by atoms with van der Waals surface area (Å²) in [6, 6.07) is -1.10. The Kier molecular flexibility index (Phi) is 5.84. The molecule has 0 spiro atoms. The Labute approximate surface area is 86.8 Å². The first-order chi connectivity index (χ1) is 6.95. The number of hydrogen-bond acceptors (Lipinski definition) is 4. The molecule has 0 aromatic rings. The van der Waals surface area contributed by atoms with E-state index >= 15 is 0 Å². The Hall–Kier alpha value is -1.79. The number of methoxy groups -OCH3 is 1. The second-order valence-electron chi connectivity index (χ2n) is 2.90. The zero-order valence-corrected chi connectivity index (χ0v) is 8.57. The van der Waals surface area contributed by atoms with Crippen molar-refractivity contribution < 1.29 is 24.2 Å². The molecule has 1 unspecified atom stereocenters. The molecule has 86 valence electrons. The van der Waals surface area contributed by atoms with E-state index in [9.17, 15) is 14.4 Å². The van der Waals surface area contributed by atoms with Crippen LogP contribution in [0.4, 0.5) is 4.79 Å². The van der Waals surface area contributed by atoms with Gasteiger partial charge in [0.2, 0.25) is 0 Å². The van der Waals surface area contributed by atoms with Gasteiger partial charge in [0.15, 0.2) is 0 Å². The van der Waals surface area contributed by atoms with Crippen molar-refractivity contribution in [1.29, 1.82) is 0 Å². The minimum absolute atomic E-state index is 0.175. The van der Waals surface area contributed by atoms with Gasteiger partial charge in [-0.25, -0.2) is 4.79 Å². The average Bonchev–Trinajstić information content (AvgIpc) is 2.12. The quantitative estimate of drug-likeness (QED) is 0.530. The average molecular weight is 218 g/mol. The predicted octanol–water partition coefficient (Wildman–Crippen LogP) is -0.678. The van der Waals surface area contributed by atoms with Crippen LogP contribution in [0.3, 0.4) is 0 Å². The number of esters is 1. The van der Waals surface area contributed by atoms with Gasteiger partial charge in [0.25, 0.3) is 0 Å². The molecule has 0 aromatic carbocycles. The van der Waals surface area contributed by atoms with Crippen LogP contribution in [0.1, 0.15) is 13.3 Å². The SMILES string of the molecule is COC(=O)CNC(=O)NC(C)CC(=O)O. The molecule has 0 heterocycles. The molecule has 1 atom stereocenters. The van der Waals surface area contributed by atoms with Crippen LogP contribution in [0, 0.1) is 0 Å². The number of aliphatic carboxylic acids is 1. The third kappa shape index (κ3) is 7.29. The summed E-state index contributed by atoms with van der Waals surface area (Å²) in [5.41, 5.74) is 0. The van der Waals surface area contributed by atoms with Crippen molar-refractivity contribution in [3.8, 4) is 0 Å². The van der Waals surface area contributed by atoms with E-state index in [1.807, 2.05) is 0 Å². The molecule has 7 nitrogen and oxygen atoms in total. The Balaban J connectivity index is 3.73. The van der Waals surface area contributed by atoms with Crippen molar-refractivity contribution >= 4 is 18.0 Å². The van der Waals surface area contributed by atoms with Crippen LogP contribution >= 0.6 is 0 Å². The van der Waals surface area contributed by atoms with E-state index in [1.165, 1.54) is 7.11 Å². The summed E-state index contributed by atoms with van der Waals surface area (Å²) in [6.07, 6.45) is -0.175. The number of amides is 2. The number of carboxylic acid groups (broad SMARTS) is 1. The molecule has 0 bridgehead atoms. The van der Waals surface area contributed by atoms with Gasteiger partial charge in [0, 0.05) is 6.04 Å². The maximum atomic E-state index is 11.0. The van der Waals surface area contributed by atoms with E-state index in [1.54, 1.807) is 6.92 Å². The molecular weight excluding hydrogens is 204 g/mol. The maximum Gasteiger partial charge on any atom is 0.325 e. The Morgan fingerprint density at radius 2 is 2.00 bits per heavy atom. The highest BCUT2D eigenvalue weighted by molar-refractivity contribution is 5.81. The van der Waals surface area contributed by atoms with Crippen LogP contribution in [0.15, 0.2) is 0 Å². The van der Waals surface area contributed by atoms with Crippen molar-refractivity contribution in [1.82, 2.24) is 10.6 Å². The molecular formula is C8H14N2O5. The zero-order chi connectivity index (χ0) is 11.8. The number of carboxylic acids is 1. The van der Waals surface area contributed by atoms with Gasteiger partial charge in [-0.15, -0.1) is 0 Å². The van der Waals surface area contributed by atoms with E-state index in [-0.39, 0.29) is 13.0 Å². The summed E-state index contributed by atoms with van der Waals surface area (Å²) >= 11 is 0. The van der Waals surface area contributed by atoms with Crippen LogP contribution in [0.5, 0.6) is 0 Å². The zero-order valence-electron chi connectivity index (χ0n) is 8.57. The van der Waals surface area contributed by atoms with Crippen molar-refractivity contribution in [2.24, 2.45) is 0 Å². The topological polar surface area (TPSA) is 105 Å². The predicted molar refractivity (Wildman–Crippen MR) is 50.3 cm³/mol. The van der Waals surface area contributed by atoms with Crippen LogP contribution in [-0.4, -0.2) is 42.8 Å². The molecule has 2 amide bonds. The molecule has 0 aliphatic rings. The van der Waals surface area contributed by atoms with Gasteiger partial charge < -0.3 is 20.5 Å². The van der Waals surface area contributed by atoms with E-state index < -0.39 is 24.0 Å². The summed E-state index contributed by atoms with van der Waals surface area (Å²) in [4.78, 5) is 31.9. The van der Waals surface area contributed by atoms with Gasteiger partial charge in [-0.2, -0.15) is 0 Å². The highest BCUT2D eigenvalue weighted by Gasteiger charge is 2.11. The molecule has 0 rings (SSSR count). The summed E-state index contributed by atoms with van der Waals surface area (Å²) in [5.74, 6) is -1.58. The third-order valence-corrected chi connectivity index (χ3v) is 1.48. The van der Waals surface area contributed by atoms with E-state index in [0.717, 1.165) is 0 Å². The standard InChI is InChI=1S/C8H14N2O5/c1-5(3-6(11)12)10-8(14)9-4-7(13)15-2/h5H,3-4H2,1-2H3,(H,11,12)(H2,9,10,14). The fourth-order valence-electron chi connectivity index (χ4n) is 0.812. The number of urea groups is 1. The Morgan fingerprint density at radius 3 is 2.47 bits per heavy atom. The third-order valence-electron chi connectivity index (χ3n) is 1.48. The second-order valence-corrected chi connectivity index (χ2v) is 2.90. The van der Waals surface area contributed by atoms with Crippen molar-refractivity contribution in [3.05, 3.63) is 0 Å². The lowest BCUT2D eigenvalue weighted by atomic mass is 10.2. The van der Waals surface area contributed by atoms with E-state index in [2.05, 4.69) is 15.4 Å². The highest BCUT2D eigenvalue weighted by atomic mass is 16.5. The van der Waals surface area contributed by atoms with Crippen molar-refractivity contribution in [2.75, 3.05) is 13.7 Å². The van der Waals surface area contributed by atoms with E-state index in [4.69, 9.17) is 5.11 Å². The first kappa shape index (κ1) is 13.2. The van der Waals surface area contributed by atoms with Gasteiger partial charge in [0.05, 0.1) is 13.5 Å². The minimum Gasteiger partial charge on any atom is -0.481 e. The number of rotatable bonds is 5. The van der Waals surface area contributed by atoms with Gasteiger partial charge in [-0.1, -0.05) is 0 Å². The smallest absolute Gasteiger partial charge is 0.325 e. The van der Waals surface area contributed by atoms with Crippen LogP contribution in [0.2, 0.25) is 0 Å². The molecule has 7 heteroatoms. The summed E-state index contributed by atoms with van der Waals surface area (Å²) in [6.45, 7) is 1.30. The number of hydrogen-bond donors (Lipinski definition) is 3. The molecule has 0 aliphatic heterocycles. The first-order valence-electron chi connectivity index (χ1n) is 4.28. The van der Waals surface area contributed by atoms with Gasteiger partial charge in [-0.3, -0.25) is 9.59 Å². The minimum atomic E-state index is -1.00. The molecule has 15 heavy (non-hydrogen) atoms. The second kappa shape index (κ2) is 6.63. The summed E-state index contributed by atoms with van der Waals surface area (Å²) in [5, 5.41) is 13.0. The lowest BCUT2D eigenvalue weighted by Crippen LogP contribution is -2.43. The van der Waals surface area contributed by atoms with Crippen molar-refractivity contribution in [3.63, 3.8) is 0 Å². The molecule has 0 fully saturated rings. The number of ether oxygens (including phenoxy) is 1. The monoisotopic (exact) mass is 218 g/mol. The molecule has 0 saturated carbocycles. The summed E-state index contributed by atoms with van der Waals surface area (Å²) in [7, 11) is 1.20. The Bertz CT molecular complexity index is 253. The number of carbonyl (C=O) groups excluding carboxylic acids is 2. The maximum absolute atomic E-state index is 11.0. The van der Waals surface area contributed by atoms with Gasteiger partial charge >= 0.3 is 18.0 Å². The lowest BCUT2D eigenvalue weighted by Gasteiger charge is -2.11.